The average molecular weight is 335 g/mol. The van der Waals surface area contributed by atoms with Crippen molar-refractivity contribution < 1.29 is 4.79 Å². The predicted octanol–water partition coefficient (Wildman–Crippen LogP) is 3.34. The summed E-state index contributed by atoms with van der Waals surface area (Å²) < 4.78 is 0. The van der Waals surface area contributed by atoms with E-state index in [1.165, 1.54) is 24.6 Å². The Morgan fingerprint density at radius 3 is 3.04 bits per heavy atom. The van der Waals surface area contributed by atoms with E-state index in [9.17, 15) is 4.79 Å². The fraction of sp³-hybridized carbons (Fsp3) is 0.421. The van der Waals surface area contributed by atoms with Crippen LogP contribution in [0.3, 0.4) is 0 Å². The first kappa shape index (κ1) is 14.7. The monoisotopic (exact) mass is 335 g/mol. The van der Waals surface area contributed by atoms with Gasteiger partial charge in [-0.3, -0.25) is 9.89 Å². The number of amides is 1. The van der Waals surface area contributed by atoms with Gasteiger partial charge in [0.25, 0.3) is 0 Å². The zero-order valence-corrected chi connectivity index (χ0v) is 14.7. The van der Waals surface area contributed by atoms with Crippen LogP contribution in [0.1, 0.15) is 37.1 Å². The number of H-pyrrole nitrogens is 2. The molecule has 3 N–H and O–H groups in total. The maximum Gasteiger partial charge on any atom is 0.221 e. The Morgan fingerprint density at radius 2 is 2.24 bits per heavy atom. The molecule has 0 saturated heterocycles. The molecule has 2 aliphatic carbocycles. The molecule has 2 aliphatic rings. The summed E-state index contributed by atoms with van der Waals surface area (Å²) in [6.45, 7) is 5.87. The number of carbonyl (C=O) groups is 1. The number of hydrogen-bond donors (Lipinski definition) is 3. The molecule has 0 unspecified atom stereocenters. The Kier molecular flexibility index (Phi) is 2.77. The minimum Gasteiger partial charge on any atom is -0.337 e. The van der Waals surface area contributed by atoms with E-state index in [2.05, 4.69) is 27.4 Å². The summed E-state index contributed by atoms with van der Waals surface area (Å²) in [6, 6.07) is 3.94. The van der Waals surface area contributed by atoms with Gasteiger partial charge in [0, 0.05) is 23.9 Å². The lowest BCUT2D eigenvalue weighted by atomic mass is 9.88. The molecule has 1 saturated carbocycles. The van der Waals surface area contributed by atoms with Gasteiger partial charge >= 0.3 is 0 Å². The van der Waals surface area contributed by atoms with Crippen LogP contribution in [0.2, 0.25) is 0 Å². The molecular weight excluding hydrogens is 314 g/mol. The van der Waals surface area contributed by atoms with Crippen molar-refractivity contribution in [1.82, 2.24) is 20.2 Å². The summed E-state index contributed by atoms with van der Waals surface area (Å²) in [6.07, 6.45) is 3.49. The molecule has 1 aromatic carbocycles. The number of rotatable bonds is 2. The number of benzene rings is 1. The number of anilines is 1. The van der Waals surface area contributed by atoms with Gasteiger partial charge in [0.05, 0.1) is 11.0 Å². The number of nitrogens with one attached hydrogen (secondary N) is 3. The topological polar surface area (TPSA) is 86.5 Å². The molecule has 0 bridgehead atoms. The molecule has 2 atom stereocenters. The zero-order valence-electron chi connectivity index (χ0n) is 14.7. The van der Waals surface area contributed by atoms with Gasteiger partial charge in [-0.05, 0) is 55.2 Å². The first-order chi connectivity index (χ1) is 11.9. The highest BCUT2D eigenvalue weighted by Crippen LogP contribution is 2.59. The van der Waals surface area contributed by atoms with Gasteiger partial charge in [-0.15, -0.1) is 0 Å². The molecule has 128 valence electrons. The molecule has 1 amide bonds. The summed E-state index contributed by atoms with van der Waals surface area (Å²) in [4.78, 5) is 19.5. The lowest BCUT2D eigenvalue weighted by molar-refractivity contribution is -0.114. The van der Waals surface area contributed by atoms with Crippen LogP contribution in [0, 0.1) is 18.3 Å². The number of carbonyl (C=O) groups excluding carboxylic acids is 1. The van der Waals surface area contributed by atoms with E-state index in [1.54, 1.807) is 0 Å². The molecule has 2 aromatic heterocycles. The highest BCUT2D eigenvalue weighted by Gasteiger charge is 2.53. The third-order valence-electron chi connectivity index (χ3n) is 5.89. The molecule has 2 heterocycles. The second-order valence-electron chi connectivity index (χ2n) is 7.92. The molecule has 1 fully saturated rings. The SMILES string of the molecule is CC(=O)Nc1cc2nc(-c3n[nH]c4c3C[C@@H]3C[C@]3(C)C4)[nH]c2cc1C. The maximum atomic E-state index is 11.4. The first-order valence-electron chi connectivity index (χ1n) is 8.77. The van der Waals surface area contributed by atoms with E-state index < -0.39 is 0 Å². The zero-order chi connectivity index (χ0) is 17.3. The van der Waals surface area contributed by atoms with Crippen LogP contribution < -0.4 is 5.32 Å². The molecule has 5 rings (SSSR count). The number of aryl methyl sites for hydroxylation is 1. The van der Waals surface area contributed by atoms with Crippen molar-refractivity contribution in [3.8, 4) is 11.5 Å². The van der Waals surface area contributed by atoms with E-state index >= 15 is 0 Å². The summed E-state index contributed by atoms with van der Waals surface area (Å²) >= 11 is 0. The van der Waals surface area contributed by atoms with Crippen molar-refractivity contribution in [2.45, 2.75) is 40.0 Å². The standard InChI is InChI=1S/C19H21N5O/c1-9-4-14-15(6-13(9)20-10(2)25)22-18(21-14)17-12-5-11-7-19(11,3)8-16(12)23-24-17/h4,6,11H,5,7-8H2,1-3H3,(H,20,25)(H,21,22)(H,23,24)/t11-,19-/m1/s1. The van der Waals surface area contributed by atoms with Crippen LogP contribution >= 0.6 is 0 Å². The van der Waals surface area contributed by atoms with Crippen LogP contribution in [0.25, 0.3) is 22.6 Å². The first-order valence-corrected chi connectivity index (χ1v) is 8.77. The Bertz CT molecular complexity index is 1030. The van der Waals surface area contributed by atoms with Crippen molar-refractivity contribution in [3.05, 3.63) is 29.0 Å². The Morgan fingerprint density at radius 1 is 1.40 bits per heavy atom. The lowest BCUT2D eigenvalue weighted by Crippen LogP contribution is -2.13. The van der Waals surface area contributed by atoms with Gasteiger partial charge in [-0.1, -0.05) is 6.92 Å². The summed E-state index contributed by atoms with van der Waals surface area (Å²) in [7, 11) is 0. The molecule has 6 heteroatoms. The van der Waals surface area contributed by atoms with Crippen LogP contribution in [-0.2, 0) is 17.6 Å². The second kappa shape index (κ2) is 4.71. The second-order valence-corrected chi connectivity index (χ2v) is 7.92. The predicted molar refractivity (Wildman–Crippen MR) is 96.3 cm³/mol. The molecular formula is C19H21N5O. The number of aromatic amines is 2. The van der Waals surface area contributed by atoms with E-state index in [0.29, 0.717) is 5.41 Å². The van der Waals surface area contributed by atoms with Gasteiger partial charge in [-0.25, -0.2) is 4.98 Å². The van der Waals surface area contributed by atoms with Crippen molar-refractivity contribution in [2.24, 2.45) is 11.3 Å². The largest absolute Gasteiger partial charge is 0.337 e. The highest BCUT2D eigenvalue weighted by atomic mass is 16.1. The summed E-state index contributed by atoms with van der Waals surface area (Å²) in [5.74, 6) is 1.51. The van der Waals surface area contributed by atoms with E-state index in [-0.39, 0.29) is 5.91 Å². The Hall–Kier alpha value is -2.63. The van der Waals surface area contributed by atoms with Crippen LogP contribution in [0.15, 0.2) is 12.1 Å². The van der Waals surface area contributed by atoms with Crippen molar-refractivity contribution in [2.75, 3.05) is 5.32 Å². The molecule has 0 radical (unpaired) electrons. The van der Waals surface area contributed by atoms with E-state index in [0.717, 1.165) is 52.6 Å². The van der Waals surface area contributed by atoms with Gasteiger partial charge < -0.3 is 10.3 Å². The third kappa shape index (κ3) is 2.20. The Labute approximate surface area is 145 Å². The quantitative estimate of drug-likeness (QED) is 0.671. The third-order valence-corrected chi connectivity index (χ3v) is 5.89. The maximum absolute atomic E-state index is 11.4. The van der Waals surface area contributed by atoms with E-state index in [1.807, 2.05) is 19.1 Å². The highest BCUT2D eigenvalue weighted by molar-refractivity contribution is 5.93. The number of hydrogen-bond acceptors (Lipinski definition) is 3. The average Bonchev–Trinajstić information content (AvgIpc) is 2.86. The molecule has 6 nitrogen and oxygen atoms in total. The minimum absolute atomic E-state index is 0.0768. The Balaban J connectivity index is 1.57. The van der Waals surface area contributed by atoms with E-state index in [4.69, 9.17) is 4.98 Å². The van der Waals surface area contributed by atoms with Gasteiger partial charge in [0.1, 0.15) is 5.69 Å². The van der Waals surface area contributed by atoms with Gasteiger partial charge in [-0.2, -0.15) is 5.10 Å². The molecule has 3 aromatic rings. The number of fused-ring (bicyclic) bond motifs is 3. The molecule has 0 spiro atoms. The fourth-order valence-corrected chi connectivity index (χ4v) is 4.25. The van der Waals surface area contributed by atoms with Crippen LogP contribution in [0.4, 0.5) is 5.69 Å². The smallest absolute Gasteiger partial charge is 0.221 e. The minimum atomic E-state index is -0.0768. The lowest BCUT2D eigenvalue weighted by Gasteiger charge is -2.17. The normalized spacial score (nSPS) is 24.0. The van der Waals surface area contributed by atoms with Gasteiger partial charge in [0.2, 0.25) is 5.91 Å². The summed E-state index contributed by atoms with van der Waals surface area (Å²) in [5, 5.41) is 10.6. The number of imidazole rings is 1. The fourth-order valence-electron chi connectivity index (χ4n) is 4.25. The van der Waals surface area contributed by atoms with Crippen molar-refractivity contribution in [1.29, 1.82) is 0 Å². The number of nitrogens with zero attached hydrogens (tertiary/aromatic N) is 2. The molecule has 25 heavy (non-hydrogen) atoms. The number of aromatic nitrogens is 4. The van der Waals surface area contributed by atoms with Crippen molar-refractivity contribution in [3.63, 3.8) is 0 Å². The molecule has 0 aliphatic heterocycles. The van der Waals surface area contributed by atoms with Gasteiger partial charge in [0.15, 0.2) is 5.82 Å². The van der Waals surface area contributed by atoms with Crippen molar-refractivity contribution >= 4 is 22.6 Å². The van der Waals surface area contributed by atoms with Crippen LogP contribution in [0.5, 0.6) is 0 Å². The summed E-state index contributed by atoms with van der Waals surface area (Å²) in [5.41, 5.74) is 7.62. The van der Waals surface area contributed by atoms with Crippen LogP contribution in [-0.4, -0.2) is 26.1 Å².